The Bertz CT molecular complexity index is 973. The summed E-state index contributed by atoms with van der Waals surface area (Å²) in [5, 5.41) is 2.75. The van der Waals surface area contributed by atoms with E-state index in [4.69, 9.17) is 9.72 Å². The van der Waals surface area contributed by atoms with Crippen molar-refractivity contribution in [2.45, 2.75) is 25.8 Å². The maximum absolute atomic E-state index is 14.1. The van der Waals surface area contributed by atoms with Crippen molar-refractivity contribution >= 4 is 11.6 Å². The molecule has 4 rings (SSSR count). The topological polar surface area (TPSA) is 56.1 Å². The smallest absolute Gasteiger partial charge is 0.258 e. The minimum Gasteiger partial charge on any atom is -0.497 e. The molecule has 0 saturated carbocycles. The fourth-order valence-electron chi connectivity index (χ4n) is 3.31. The summed E-state index contributed by atoms with van der Waals surface area (Å²) in [7, 11) is 1.45. The first-order valence-electron chi connectivity index (χ1n) is 8.95. The Morgan fingerprint density at radius 2 is 2.11 bits per heavy atom. The predicted octanol–water partition coefficient (Wildman–Crippen LogP) is 4.29. The third kappa shape index (κ3) is 3.56. The van der Waals surface area contributed by atoms with E-state index < -0.39 is 11.7 Å². The van der Waals surface area contributed by atoms with Gasteiger partial charge in [0, 0.05) is 36.5 Å². The van der Waals surface area contributed by atoms with Crippen LogP contribution in [-0.2, 0) is 13.0 Å². The monoisotopic (exact) mass is 365 g/mol. The van der Waals surface area contributed by atoms with E-state index in [1.807, 2.05) is 18.2 Å². The van der Waals surface area contributed by atoms with E-state index in [9.17, 15) is 9.18 Å². The number of methoxy groups -OCH3 is 1. The van der Waals surface area contributed by atoms with E-state index in [1.54, 1.807) is 12.1 Å². The molecule has 138 valence electrons. The molecule has 0 spiro atoms. The number of halogens is 1. The molecule has 2 heterocycles. The molecule has 1 aliphatic rings. The van der Waals surface area contributed by atoms with Crippen LogP contribution in [0.1, 0.15) is 29.0 Å². The van der Waals surface area contributed by atoms with Crippen molar-refractivity contribution in [3.8, 4) is 17.0 Å². The molecule has 5 nitrogen and oxygen atoms in total. The van der Waals surface area contributed by atoms with E-state index in [0.717, 1.165) is 30.0 Å². The number of aryl methyl sites for hydroxylation is 2. The number of anilines is 1. The molecule has 1 aliphatic heterocycles. The molecule has 0 saturated heterocycles. The molecule has 0 bridgehead atoms. The first kappa shape index (κ1) is 17.3. The lowest BCUT2D eigenvalue weighted by Crippen LogP contribution is -2.13. The number of nitrogens with one attached hydrogen (secondary N) is 1. The molecule has 0 aliphatic carbocycles. The maximum atomic E-state index is 14.1. The largest absolute Gasteiger partial charge is 0.497 e. The fraction of sp³-hybridized carbons (Fsp3) is 0.238. The van der Waals surface area contributed by atoms with Gasteiger partial charge in [-0.05, 0) is 37.1 Å². The van der Waals surface area contributed by atoms with Gasteiger partial charge >= 0.3 is 0 Å². The normalized spacial score (nSPS) is 13.1. The number of imidazole rings is 1. The quantitative estimate of drug-likeness (QED) is 0.750. The maximum Gasteiger partial charge on any atom is 0.258 e. The molecule has 0 radical (unpaired) electrons. The van der Waals surface area contributed by atoms with Crippen LogP contribution < -0.4 is 10.1 Å². The zero-order chi connectivity index (χ0) is 18.8. The highest BCUT2D eigenvalue weighted by molar-refractivity contribution is 6.04. The van der Waals surface area contributed by atoms with Gasteiger partial charge in [-0.1, -0.05) is 12.1 Å². The molecule has 6 heteroatoms. The molecular weight excluding hydrogens is 345 g/mol. The number of aromatic nitrogens is 2. The molecular formula is C21H20FN3O2. The second kappa shape index (κ2) is 7.23. The van der Waals surface area contributed by atoms with Crippen molar-refractivity contribution in [1.29, 1.82) is 0 Å². The standard InChI is InChI=1S/C21H20FN3O2/c1-27-16-8-9-17(18(22)12-16)21(26)23-15-6-4-5-14(11-15)19-13-25-10-3-2-7-20(25)24-19/h4-6,8-9,11-13H,2-3,7,10H2,1H3,(H,23,26). The van der Waals surface area contributed by atoms with Crippen LogP contribution in [0.3, 0.4) is 0 Å². The minimum absolute atomic E-state index is 0.0290. The van der Waals surface area contributed by atoms with Gasteiger partial charge in [0.1, 0.15) is 17.4 Å². The van der Waals surface area contributed by atoms with Crippen molar-refractivity contribution in [3.05, 3.63) is 65.9 Å². The lowest BCUT2D eigenvalue weighted by molar-refractivity contribution is 0.102. The third-order valence-corrected chi connectivity index (χ3v) is 4.75. The summed E-state index contributed by atoms with van der Waals surface area (Å²) in [6, 6.07) is 11.6. The summed E-state index contributed by atoms with van der Waals surface area (Å²) in [5.41, 5.74) is 2.38. The SMILES string of the molecule is COc1ccc(C(=O)Nc2cccc(-c3cn4c(n3)CCCC4)c2)c(F)c1. The molecule has 1 N–H and O–H groups in total. The van der Waals surface area contributed by atoms with E-state index in [-0.39, 0.29) is 5.56 Å². The average Bonchev–Trinajstić information content (AvgIpc) is 3.12. The first-order chi connectivity index (χ1) is 13.1. The number of benzene rings is 2. The molecule has 0 unspecified atom stereocenters. The zero-order valence-corrected chi connectivity index (χ0v) is 15.0. The number of ether oxygens (including phenoxy) is 1. The van der Waals surface area contributed by atoms with Gasteiger partial charge in [-0.15, -0.1) is 0 Å². The Labute approximate surface area is 156 Å². The van der Waals surface area contributed by atoms with Crippen molar-refractivity contribution < 1.29 is 13.9 Å². The predicted molar refractivity (Wildman–Crippen MR) is 102 cm³/mol. The highest BCUT2D eigenvalue weighted by Gasteiger charge is 2.15. The summed E-state index contributed by atoms with van der Waals surface area (Å²) in [5.74, 6) is 0.349. The number of carbonyl (C=O) groups is 1. The van der Waals surface area contributed by atoms with Crippen molar-refractivity contribution in [2.75, 3.05) is 12.4 Å². The second-order valence-corrected chi connectivity index (χ2v) is 6.57. The van der Waals surface area contributed by atoms with Gasteiger partial charge in [0.05, 0.1) is 18.4 Å². The summed E-state index contributed by atoms with van der Waals surface area (Å²) in [4.78, 5) is 17.1. The van der Waals surface area contributed by atoms with Crippen molar-refractivity contribution in [3.63, 3.8) is 0 Å². The van der Waals surface area contributed by atoms with Crippen LogP contribution in [0, 0.1) is 5.82 Å². The summed E-state index contributed by atoms with van der Waals surface area (Å²) in [6.07, 6.45) is 5.39. The van der Waals surface area contributed by atoms with Gasteiger partial charge in [-0.3, -0.25) is 4.79 Å². The van der Waals surface area contributed by atoms with Crippen LogP contribution in [-0.4, -0.2) is 22.6 Å². The van der Waals surface area contributed by atoms with Crippen LogP contribution in [0.2, 0.25) is 0 Å². The zero-order valence-electron chi connectivity index (χ0n) is 15.0. The Balaban J connectivity index is 1.56. The molecule has 0 atom stereocenters. The molecule has 3 aromatic rings. The van der Waals surface area contributed by atoms with Crippen molar-refractivity contribution in [2.24, 2.45) is 0 Å². The second-order valence-electron chi connectivity index (χ2n) is 6.57. The Morgan fingerprint density at radius 1 is 1.22 bits per heavy atom. The van der Waals surface area contributed by atoms with Crippen LogP contribution in [0.25, 0.3) is 11.3 Å². The van der Waals surface area contributed by atoms with E-state index in [1.165, 1.54) is 32.1 Å². The van der Waals surface area contributed by atoms with Gasteiger partial charge in [-0.25, -0.2) is 9.37 Å². The highest BCUT2D eigenvalue weighted by Crippen LogP contribution is 2.25. The number of nitrogens with zero attached hydrogens (tertiary/aromatic N) is 2. The van der Waals surface area contributed by atoms with Gasteiger partial charge in [-0.2, -0.15) is 0 Å². The number of amides is 1. The average molecular weight is 365 g/mol. The van der Waals surface area contributed by atoms with Crippen LogP contribution in [0.5, 0.6) is 5.75 Å². The summed E-state index contributed by atoms with van der Waals surface area (Å²) >= 11 is 0. The van der Waals surface area contributed by atoms with Crippen LogP contribution in [0.4, 0.5) is 10.1 Å². The Morgan fingerprint density at radius 3 is 2.89 bits per heavy atom. The molecule has 1 amide bonds. The number of hydrogen-bond donors (Lipinski definition) is 1. The molecule has 1 aromatic heterocycles. The minimum atomic E-state index is -0.621. The van der Waals surface area contributed by atoms with Gasteiger partial charge in [0.25, 0.3) is 5.91 Å². The van der Waals surface area contributed by atoms with Gasteiger partial charge < -0.3 is 14.6 Å². The lowest BCUT2D eigenvalue weighted by Gasteiger charge is -2.11. The number of carbonyl (C=O) groups excluding carboxylic acids is 1. The van der Waals surface area contributed by atoms with Crippen LogP contribution >= 0.6 is 0 Å². The summed E-state index contributed by atoms with van der Waals surface area (Å²) < 4.78 is 21.3. The Kier molecular flexibility index (Phi) is 4.62. The Hall–Kier alpha value is -3.15. The van der Waals surface area contributed by atoms with Crippen molar-refractivity contribution in [1.82, 2.24) is 9.55 Å². The number of hydrogen-bond acceptors (Lipinski definition) is 3. The lowest BCUT2D eigenvalue weighted by atomic mass is 10.1. The van der Waals surface area contributed by atoms with Gasteiger partial charge in [0.2, 0.25) is 0 Å². The van der Waals surface area contributed by atoms with E-state index in [0.29, 0.717) is 11.4 Å². The third-order valence-electron chi connectivity index (χ3n) is 4.75. The molecule has 2 aromatic carbocycles. The highest BCUT2D eigenvalue weighted by atomic mass is 19.1. The number of fused-ring (bicyclic) bond motifs is 1. The van der Waals surface area contributed by atoms with Crippen LogP contribution in [0.15, 0.2) is 48.7 Å². The van der Waals surface area contributed by atoms with E-state index in [2.05, 4.69) is 16.1 Å². The fourth-order valence-corrected chi connectivity index (χ4v) is 3.31. The summed E-state index contributed by atoms with van der Waals surface area (Å²) in [6.45, 7) is 0.996. The molecule has 0 fully saturated rings. The van der Waals surface area contributed by atoms with Gasteiger partial charge in [0.15, 0.2) is 0 Å². The number of rotatable bonds is 4. The first-order valence-corrected chi connectivity index (χ1v) is 8.95. The van der Waals surface area contributed by atoms with E-state index >= 15 is 0 Å². The molecule has 27 heavy (non-hydrogen) atoms.